The first kappa shape index (κ1) is 17.2. The molecule has 0 saturated carbocycles. The monoisotopic (exact) mass is 353 g/mol. The minimum absolute atomic E-state index is 0.0889. The number of hydrogen-bond donors (Lipinski definition) is 2. The molecule has 0 bridgehead atoms. The number of benzene rings is 2. The van der Waals surface area contributed by atoms with Gasteiger partial charge in [0.15, 0.2) is 0 Å². The van der Waals surface area contributed by atoms with Gasteiger partial charge in [-0.25, -0.2) is 0 Å². The molecule has 4 nitrogen and oxygen atoms in total. The molecule has 0 aliphatic rings. The Morgan fingerprint density at radius 2 is 1.80 bits per heavy atom. The number of fused-ring (bicyclic) bond motifs is 1. The zero-order valence-electron chi connectivity index (χ0n) is 14.5. The van der Waals surface area contributed by atoms with Gasteiger partial charge >= 0.3 is 0 Å². The van der Waals surface area contributed by atoms with Crippen LogP contribution in [0.15, 0.2) is 42.6 Å². The summed E-state index contributed by atoms with van der Waals surface area (Å²) in [6, 6.07) is 11.5. The average molecular weight is 354 g/mol. The van der Waals surface area contributed by atoms with Crippen molar-refractivity contribution in [1.29, 1.82) is 0 Å². The van der Waals surface area contributed by atoms with Crippen molar-refractivity contribution in [2.45, 2.75) is 20.8 Å². The summed E-state index contributed by atoms with van der Waals surface area (Å²) in [6.07, 6.45) is 1.70. The number of hydrogen-bond acceptors (Lipinski definition) is 3. The SMILES string of the molecule is Cc1cc(C)c(NC(=O)CNc2ccnc3cc(Cl)ccc23)c(C)c1. The van der Waals surface area contributed by atoms with Crippen molar-refractivity contribution in [1.82, 2.24) is 4.98 Å². The highest BCUT2D eigenvalue weighted by atomic mass is 35.5. The molecule has 1 amide bonds. The smallest absolute Gasteiger partial charge is 0.243 e. The predicted molar refractivity (Wildman–Crippen MR) is 105 cm³/mol. The first-order valence-corrected chi connectivity index (χ1v) is 8.47. The second-order valence-electron chi connectivity index (χ2n) is 6.20. The topological polar surface area (TPSA) is 54.0 Å². The Balaban J connectivity index is 1.73. The van der Waals surface area contributed by atoms with Crippen LogP contribution in [0.25, 0.3) is 10.9 Å². The molecule has 128 valence electrons. The number of rotatable bonds is 4. The molecule has 25 heavy (non-hydrogen) atoms. The zero-order valence-corrected chi connectivity index (χ0v) is 15.2. The van der Waals surface area contributed by atoms with Crippen LogP contribution in [0, 0.1) is 20.8 Å². The fourth-order valence-corrected chi connectivity index (χ4v) is 3.18. The normalized spacial score (nSPS) is 10.7. The minimum Gasteiger partial charge on any atom is -0.376 e. The number of nitrogens with one attached hydrogen (secondary N) is 2. The molecule has 2 aromatic carbocycles. The van der Waals surface area contributed by atoms with Crippen molar-refractivity contribution in [3.63, 3.8) is 0 Å². The van der Waals surface area contributed by atoms with E-state index >= 15 is 0 Å². The average Bonchev–Trinajstić information content (AvgIpc) is 2.55. The molecule has 3 rings (SSSR count). The van der Waals surface area contributed by atoms with Crippen molar-refractivity contribution in [3.05, 3.63) is 64.3 Å². The third kappa shape index (κ3) is 3.91. The number of aromatic nitrogens is 1. The first-order chi connectivity index (χ1) is 11.9. The fourth-order valence-electron chi connectivity index (χ4n) is 3.01. The highest BCUT2D eigenvalue weighted by Gasteiger charge is 2.09. The van der Waals surface area contributed by atoms with Gasteiger partial charge in [0, 0.05) is 28.0 Å². The van der Waals surface area contributed by atoms with Gasteiger partial charge in [0.25, 0.3) is 0 Å². The van der Waals surface area contributed by atoms with Crippen molar-refractivity contribution in [3.8, 4) is 0 Å². The van der Waals surface area contributed by atoms with Crippen LogP contribution in [0.2, 0.25) is 5.02 Å². The summed E-state index contributed by atoms with van der Waals surface area (Å²) in [5.74, 6) is -0.0889. The molecule has 0 aliphatic carbocycles. The van der Waals surface area contributed by atoms with Gasteiger partial charge in [0.1, 0.15) is 0 Å². The lowest BCUT2D eigenvalue weighted by Gasteiger charge is -2.14. The third-order valence-corrected chi connectivity index (χ3v) is 4.32. The molecule has 1 heterocycles. The lowest BCUT2D eigenvalue weighted by atomic mass is 10.1. The summed E-state index contributed by atoms with van der Waals surface area (Å²) in [7, 11) is 0. The maximum atomic E-state index is 12.4. The van der Waals surface area contributed by atoms with Gasteiger partial charge < -0.3 is 10.6 Å². The Morgan fingerprint density at radius 3 is 2.52 bits per heavy atom. The molecule has 2 N–H and O–H groups in total. The van der Waals surface area contributed by atoms with Crippen LogP contribution in [0.1, 0.15) is 16.7 Å². The fraction of sp³-hybridized carbons (Fsp3) is 0.200. The molecule has 0 atom stereocenters. The van der Waals surface area contributed by atoms with Crippen LogP contribution in [-0.4, -0.2) is 17.4 Å². The third-order valence-electron chi connectivity index (χ3n) is 4.09. The number of aryl methyl sites for hydroxylation is 3. The number of nitrogens with zero attached hydrogens (tertiary/aromatic N) is 1. The second-order valence-corrected chi connectivity index (χ2v) is 6.63. The number of halogens is 1. The molecule has 0 unspecified atom stereocenters. The van der Waals surface area contributed by atoms with Gasteiger partial charge in [-0.3, -0.25) is 9.78 Å². The molecule has 0 fully saturated rings. The van der Waals surface area contributed by atoms with E-state index in [9.17, 15) is 4.79 Å². The van der Waals surface area contributed by atoms with E-state index in [0.717, 1.165) is 33.4 Å². The summed E-state index contributed by atoms with van der Waals surface area (Å²) in [5, 5.41) is 7.75. The van der Waals surface area contributed by atoms with Crippen molar-refractivity contribution >= 4 is 39.8 Å². The largest absolute Gasteiger partial charge is 0.376 e. The summed E-state index contributed by atoms with van der Waals surface area (Å²) >= 11 is 6.00. The van der Waals surface area contributed by atoms with E-state index in [0.29, 0.717) is 5.02 Å². The Morgan fingerprint density at radius 1 is 1.08 bits per heavy atom. The minimum atomic E-state index is -0.0889. The quantitative estimate of drug-likeness (QED) is 0.704. The molecular formula is C20H20ClN3O. The van der Waals surface area contributed by atoms with Gasteiger partial charge in [-0.1, -0.05) is 29.3 Å². The van der Waals surface area contributed by atoms with E-state index in [2.05, 4.69) is 27.8 Å². The van der Waals surface area contributed by atoms with Gasteiger partial charge in [0.05, 0.1) is 12.1 Å². The van der Waals surface area contributed by atoms with E-state index in [1.807, 2.05) is 39.0 Å². The van der Waals surface area contributed by atoms with Crippen LogP contribution in [0.3, 0.4) is 0 Å². The lowest BCUT2D eigenvalue weighted by Crippen LogP contribution is -2.22. The van der Waals surface area contributed by atoms with Crippen LogP contribution < -0.4 is 10.6 Å². The standard InChI is InChI=1S/C20H20ClN3O/c1-12-8-13(2)20(14(3)9-12)24-19(25)11-23-17-6-7-22-18-10-15(21)4-5-16(17)18/h4-10H,11H2,1-3H3,(H,22,23)(H,24,25). The molecule has 0 aliphatic heterocycles. The van der Waals surface area contributed by atoms with E-state index in [4.69, 9.17) is 11.6 Å². The van der Waals surface area contributed by atoms with Gasteiger partial charge in [-0.05, 0) is 56.2 Å². The van der Waals surface area contributed by atoms with Crippen LogP contribution >= 0.6 is 11.6 Å². The van der Waals surface area contributed by atoms with E-state index in [1.165, 1.54) is 5.56 Å². The summed E-state index contributed by atoms with van der Waals surface area (Å²) in [6.45, 7) is 6.23. The molecule has 0 saturated heterocycles. The van der Waals surface area contributed by atoms with Crippen molar-refractivity contribution in [2.75, 3.05) is 17.2 Å². The summed E-state index contributed by atoms with van der Waals surface area (Å²) in [4.78, 5) is 16.7. The predicted octanol–water partition coefficient (Wildman–Crippen LogP) is 4.86. The number of carbonyl (C=O) groups is 1. The van der Waals surface area contributed by atoms with Gasteiger partial charge in [-0.2, -0.15) is 0 Å². The van der Waals surface area contributed by atoms with Crippen LogP contribution in [0.4, 0.5) is 11.4 Å². The van der Waals surface area contributed by atoms with Crippen molar-refractivity contribution < 1.29 is 4.79 Å². The zero-order chi connectivity index (χ0) is 18.0. The van der Waals surface area contributed by atoms with Gasteiger partial charge in [0.2, 0.25) is 5.91 Å². The molecular weight excluding hydrogens is 334 g/mol. The Bertz CT molecular complexity index is 930. The van der Waals surface area contributed by atoms with Crippen LogP contribution in [0.5, 0.6) is 0 Å². The van der Waals surface area contributed by atoms with E-state index in [1.54, 1.807) is 12.3 Å². The maximum Gasteiger partial charge on any atom is 0.243 e. The molecule has 0 spiro atoms. The number of carbonyl (C=O) groups excluding carboxylic acids is 1. The maximum absolute atomic E-state index is 12.4. The highest BCUT2D eigenvalue weighted by Crippen LogP contribution is 2.25. The molecule has 1 aromatic heterocycles. The summed E-state index contributed by atoms with van der Waals surface area (Å²) < 4.78 is 0. The number of amides is 1. The molecule has 3 aromatic rings. The van der Waals surface area contributed by atoms with E-state index < -0.39 is 0 Å². The van der Waals surface area contributed by atoms with Crippen molar-refractivity contribution in [2.24, 2.45) is 0 Å². The Hall–Kier alpha value is -2.59. The Kier molecular flexibility index (Phi) is 4.91. The first-order valence-electron chi connectivity index (χ1n) is 8.10. The van der Waals surface area contributed by atoms with Gasteiger partial charge in [-0.15, -0.1) is 0 Å². The van der Waals surface area contributed by atoms with E-state index in [-0.39, 0.29) is 12.5 Å². The number of pyridine rings is 1. The lowest BCUT2D eigenvalue weighted by molar-refractivity contribution is -0.114. The molecule has 0 radical (unpaired) electrons. The molecule has 5 heteroatoms. The summed E-state index contributed by atoms with van der Waals surface area (Å²) in [5.41, 5.74) is 5.85. The Labute approximate surface area is 152 Å². The number of anilines is 2. The highest BCUT2D eigenvalue weighted by molar-refractivity contribution is 6.31. The second kappa shape index (κ2) is 7.11. The van der Waals surface area contributed by atoms with Crippen LogP contribution in [-0.2, 0) is 4.79 Å².